The molecule has 0 unspecified atom stereocenters. The third-order valence-electron chi connectivity index (χ3n) is 3.09. The van der Waals surface area contributed by atoms with Gasteiger partial charge in [-0.2, -0.15) is 0 Å². The van der Waals surface area contributed by atoms with Crippen LogP contribution in [-0.2, 0) is 6.54 Å². The van der Waals surface area contributed by atoms with E-state index in [1.54, 1.807) is 22.9 Å². The van der Waals surface area contributed by atoms with Gasteiger partial charge in [0.05, 0.1) is 28.2 Å². The summed E-state index contributed by atoms with van der Waals surface area (Å²) in [5.41, 5.74) is 3.44. The molecule has 7 nitrogen and oxygen atoms in total. The van der Waals surface area contributed by atoms with E-state index in [2.05, 4.69) is 20.3 Å². The molecule has 0 amide bonds. The molecular weight excluding hydrogens is 290 g/mol. The van der Waals surface area contributed by atoms with Crippen molar-refractivity contribution in [3.63, 3.8) is 0 Å². The predicted molar refractivity (Wildman–Crippen MR) is 80.4 cm³/mol. The fourth-order valence-electron chi connectivity index (χ4n) is 1.96. The zero-order valence-electron chi connectivity index (χ0n) is 11.1. The number of anilines is 1. The normalized spacial score (nSPS) is 10.7. The highest BCUT2D eigenvalue weighted by atomic mass is 32.1. The van der Waals surface area contributed by atoms with Gasteiger partial charge in [-0.1, -0.05) is 0 Å². The summed E-state index contributed by atoms with van der Waals surface area (Å²) >= 11 is 1.56. The van der Waals surface area contributed by atoms with Crippen LogP contribution in [-0.4, -0.2) is 19.9 Å². The maximum atomic E-state index is 10.9. The Balaban J connectivity index is 1.95. The van der Waals surface area contributed by atoms with E-state index in [0.29, 0.717) is 23.3 Å². The van der Waals surface area contributed by atoms with E-state index >= 15 is 0 Å². The molecule has 0 bridgehead atoms. The zero-order valence-corrected chi connectivity index (χ0v) is 11.9. The van der Waals surface area contributed by atoms with E-state index in [-0.39, 0.29) is 5.69 Å². The number of rotatable bonds is 4. The quantitative estimate of drug-likeness (QED) is 0.588. The molecule has 0 atom stereocenters. The van der Waals surface area contributed by atoms with Gasteiger partial charge in [0, 0.05) is 22.4 Å². The lowest BCUT2D eigenvalue weighted by Gasteiger charge is -2.07. The third kappa shape index (κ3) is 2.65. The maximum absolute atomic E-state index is 10.9. The van der Waals surface area contributed by atoms with E-state index in [9.17, 15) is 10.1 Å². The summed E-state index contributed by atoms with van der Waals surface area (Å²) in [5.74, 6) is 0.580. The van der Waals surface area contributed by atoms with Gasteiger partial charge in [0.2, 0.25) is 0 Å². The molecule has 3 aromatic rings. The van der Waals surface area contributed by atoms with Crippen molar-refractivity contribution in [1.29, 1.82) is 0 Å². The molecule has 0 saturated carbocycles. The summed E-state index contributed by atoms with van der Waals surface area (Å²) in [6.45, 7) is 2.52. The first kappa shape index (κ1) is 13.4. The van der Waals surface area contributed by atoms with Crippen molar-refractivity contribution in [2.75, 3.05) is 5.32 Å². The van der Waals surface area contributed by atoms with Gasteiger partial charge in [-0.15, -0.1) is 11.3 Å². The van der Waals surface area contributed by atoms with Crippen molar-refractivity contribution in [3.8, 4) is 0 Å². The Kier molecular flexibility index (Phi) is 3.44. The van der Waals surface area contributed by atoms with Crippen LogP contribution in [0.2, 0.25) is 0 Å². The number of nitrogens with one attached hydrogen (secondary N) is 1. The summed E-state index contributed by atoms with van der Waals surface area (Å²) in [5, 5.41) is 14.7. The van der Waals surface area contributed by atoms with Crippen molar-refractivity contribution in [2.45, 2.75) is 13.5 Å². The Hall–Kier alpha value is -2.61. The van der Waals surface area contributed by atoms with E-state index in [1.807, 2.05) is 6.92 Å². The van der Waals surface area contributed by atoms with Gasteiger partial charge in [0.15, 0.2) is 0 Å². The number of nitro benzene ring substituents is 1. The lowest BCUT2D eigenvalue weighted by atomic mass is 10.2. The first-order chi connectivity index (χ1) is 10.1. The summed E-state index contributed by atoms with van der Waals surface area (Å²) in [7, 11) is 0. The van der Waals surface area contributed by atoms with Crippen molar-refractivity contribution in [1.82, 2.24) is 15.0 Å². The molecule has 1 aromatic carbocycles. The van der Waals surface area contributed by atoms with Crippen LogP contribution in [0.5, 0.6) is 0 Å². The maximum Gasteiger partial charge on any atom is 0.270 e. The van der Waals surface area contributed by atoms with E-state index < -0.39 is 4.92 Å². The van der Waals surface area contributed by atoms with Crippen molar-refractivity contribution < 1.29 is 4.92 Å². The van der Waals surface area contributed by atoms with Gasteiger partial charge in [-0.05, 0) is 13.0 Å². The molecule has 106 valence electrons. The Morgan fingerprint density at radius 2 is 2.19 bits per heavy atom. The highest BCUT2D eigenvalue weighted by Crippen LogP contribution is 2.25. The average molecular weight is 301 g/mol. The molecule has 0 saturated heterocycles. The molecule has 2 aromatic heterocycles. The zero-order chi connectivity index (χ0) is 14.8. The van der Waals surface area contributed by atoms with Gasteiger partial charge < -0.3 is 5.32 Å². The van der Waals surface area contributed by atoms with Gasteiger partial charge in [-0.25, -0.2) is 15.0 Å². The monoisotopic (exact) mass is 301 g/mol. The van der Waals surface area contributed by atoms with Crippen LogP contribution in [0.1, 0.15) is 10.6 Å². The second-order valence-corrected chi connectivity index (χ2v) is 5.33. The van der Waals surface area contributed by atoms with Crippen LogP contribution in [0.4, 0.5) is 11.5 Å². The first-order valence-electron chi connectivity index (χ1n) is 6.17. The van der Waals surface area contributed by atoms with E-state index in [0.717, 1.165) is 10.6 Å². The lowest BCUT2D eigenvalue weighted by molar-refractivity contribution is -0.384. The SMILES string of the molecule is Cc1ncsc1CNc1ncnc2ccc([N+](=O)[O-])cc12. The molecule has 0 aliphatic heterocycles. The Morgan fingerprint density at radius 3 is 2.90 bits per heavy atom. The number of non-ortho nitro benzene ring substituents is 1. The molecule has 21 heavy (non-hydrogen) atoms. The lowest BCUT2D eigenvalue weighted by Crippen LogP contribution is -2.02. The Labute approximate surface area is 123 Å². The molecular formula is C13H11N5O2S. The fraction of sp³-hybridized carbons (Fsp3) is 0.154. The molecule has 1 N–H and O–H groups in total. The Bertz CT molecular complexity index is 817. The second kappa shape index (κ2) is 5.41. The summed E-state index contributed by atoms with van der Waals surface area (Å²) in [6.07, 6.45) is 1.44. The van der Waals surface area contributed by atoms with E-state index in [1.165, 1.54) is 18.5 Å². The van der Waals surface area contributed by atoms with Crippen LogP contribution < -0.4 is 5.32 Å². The highest BCUT2D eigenvalue weighted by molar-refractivity contribution is 7.09. The smallest absolute Gasteiger partial charge is 0.270 e. The molecule has 8 heteroatoms. The number of hydrogen-bond acceptors (Lipinski definition) is 7. The summed E-state index contributed by atoms with van der Waals surface area (Å²) in [4.78, 5) is 24.0. The highest BCUT2D eigenvalue weighted by Gasteiger charge is 2.11. The number of fused-ring (bicyclic) bond motifs is 1. The number of nitrogens with zero attached hydrogens (tertiary/aromatic N) is 4. The van der Waals surface area contributed by atoms with Crippen LogP contribution in [0.15, 0.2) is 30.0 Å². The molecule has 0 fully saturated rings. The minimum atomic E-state index is -0.427. The number of thiazole rings is 1. The van der Waals surface area contributed by atoms with Crippen molar-refractivity contribution >= 4 is 33.7 Å². The summed E-state index contributed by atoms with van der Waals surface area (Å²) in [6, 6.07) is 4.54. The van der Waals surface area contributed by atoms with E-state index in [4.69, 9.17) is 0 Å². The van der Waals surface area contributed by atoms with Gasteiger partial charge in [-0.3, -0.25) is 10.1 Å². The molecule has 0 radical (unpaired) electrons. The Morgan fingerprint density at radius 1 is 1.33 bits per heavy atom. The van der Waals surface area contributed by atoms with Gasteiger partial charge >= 0.3 is 0 Å². The molecule has 0 aliphatic rings. The number of aromatic nitrogens is 3. The van der Waals surface area contributed by atoms with Crippen LogP contribution in [0.25, 0.3) is 10.9 Å². The molecule has 0 spiro atoms. The number of nitro groups is 1. The molecule has 2 heterocycles. The number of hydrogen-bond donors (Lipinski definition) is 1. The minimum absolute atomic E-state index is 0.0225. The van der Waals surface area contributed by atoms with Crippen LogP contribution >= 0.6 is 11.3 Å². The first-order valence-corrected chi connectivity index (χ1v) is 7.05. The number of aryl methyl sites for hydroxylation is 1. The topological polar surface area (TPSA) is 93.8 Å². The summed E-state index contributed by atoms with van der Waals surface area (Å²) < 4.78 is 0. The molecule has 0 aliphatic carbocycles. The minimum Gasteiger partial charge on any atom is -0.364 e. The van der Waals surface area contributed by atoms with Crippen LogP contribution in [0.3, 0.4) is 0 Å². The second-order valence-electron chi connectivity index (χ2n) is 4.40. The standard InChI is InChI=1S/C13H11N5O2S/c1-8-12(21-7-17-8)5-14-13-10-4-9(18(19)20)2-3-11(10)15-6-16-13/h2-4,6-7H,5H2,1H3,(H,14,15,16). The van der Waals surface area contributed by atoms with Gasteiger partial charge in [0.25, 0.3) is 5.69 Å². The predicted octanol–water partition coefficient (Wildman–Crippen LogP) is 2.92. The van der Waals surface area contributed by atoms with Crippen LogP contribution in [0, 0.1) is 17.0 Å². The molecule has 3 rings (SSSR count). The van der Waals surface area contributed by atoms with Crippen molar-refractivity contribution in [2.24, 2.45) is 0 Å². The van der Waals surface area contributed by atoms with Gasteiger partial charge in [0.1, 0.15) is 12.1 Å². The third-order valence-corrected chi connectivity index (χ3v) is 4.03. The average Bonchev–Trinajstić information content (AvgIpc) is 2.89. The largest absolute Gasteiger partial charge is 0.364 e. The van der Waals surface area contributed by atoms with Crippen molar-refractivity contribution in [3.05, 3.63) is 50.7 Å². The number of benzene rings is 1. The fourth-order valence-corrected chi connectivity index (χ4v) is 2.68.